The Morgan fingerprint density at radius 2 is 2.29 bits per heavy atom. The normalized spacial score (nSPS) is 9.93. The van der Waals surface area contributed by atoms with Gasteiger partial charge in [0.25, 0.3) is 0 Å². The molecular formula is C9H9BrFNO2. The highest BCUT2D eigenvalue weighted by Crippen LogP contribution is 2.15. The molecule has 0 heterocycles. The molecule has 14 heavy (non-hydrogen) atoms. The van der Waals surface area contributed by atoms with Crippen LogP contribution in [0, 0.1) is 5.82 Å². The van der Waals surface area contributed by atoms with Crippen molar-refractivity contribution in [3.8, 4) is 0 Å². The third-order valence-corrected chi connectivity index (χ3v) is 2.12. The fraction of sp³-hybridized carbons (Fsp3) is 0.222. The van der Waals surface area contributed by atoms with E-state index in [0.29, 0.717) is 5.56 Å². The van der Waals surface area contributed by atoms with Gasteiger partial charge < -0.3 is 10.4 Å². The van der Waals surface area contributed by atoms with E-state index in [2.05, 4.69) is 21.2 Å². The Labute approximate surface area is 89.1 Å². The summed E-state index contributed by atoms with van der Waals surface area (Å²) in [5.74, 6) is -0.907. The summed E-state index contributed by atoms with van der Waals surface area (Å²) in [4.78, 5) is 10.7. The fourth-order valence-corrected chi connectivity index (χ4v) is 1.34. The van der Waals surface area contributed by atoms with Gasteiger partial charge in [-0.3, -0.25) is 4.79 Å². The molecule has 0 aliphatic carbocycles. The van der Waals surface area contributed by atoms with Gasteiger partial charge in [0.2, 0.25) is 5.91 Å². The van der Waals surface area contributed by atoms with Crippen LogP contribution in [0.2, 0.25) is 0 Å². The van der Waals surface area contributed by atoms with E-state index in [1.165, 1.54) is 6.07 Å². The summed E-state index contributed by atoms with van der Waals surface area (Å²) in [5, 5.41) is 10.8. The number of aliphatic hydroxyl groups is 1. The summed E-state index contributed by atoms with van der Waals surface area (Å²) < 4.78 is 13.8. The Morgan fingerprint density at radius 3 is 2.93 bits per heavy atom. The van der Waals surface area contributed by atoms with Crippen LogP contribution in [0.1, 0.15) is 5.56 Å². The summed E-state index contributed by atoms with van der Waals surface area (Å²) in [5.41, 5.74) is 0.376. The largest absolute Gasteiger partial charge is 0.387 e. The molecule has 0 unspecified atom stereocenters. The Bertz CT molecular complexity index is 344. The second-order valence-electron chi connectivity index (χ2n) is 2.67. The maximum Gasteiger partial charge on any atom is 0.245 e. The summed E-state index contributed by atoms with van der Waals surface area (Å²) in [6.07, 6.45) is 0. The number of carbonyl (C=O) groups is 1. The van der Waals surface area contributed by atoms with Crippen molar-refractivity contribution >= 4 is 21.8 Å². The number of hydrogen-bond acceptors (Lipinski definition) is 2. The predicted molar refractivity (Wildman–Crippen MR) is 53.0 cm³/mol. The number of aliphatic hydroxyl groups excluding tert-OH is 1. The van der Waals surface area contributed by atoms with Crippen LogP contribution in [0.25, 0.3) is 0 Å². The van der Waals surface area contributed by atoms with Crippen LogP contribution in [0.3, 0.4) is 0 Å². The Balaban J connectivity index is 2.66. The molecule has 0 saturated carbocycles. The van der Waals surface area contributed by atoms with Gasteiger partial charge in [-0.05, 0) is 18.2 Å². The highest BCUT2D eigenvalue weighted by Gasteiger charge is 2.04. The molecule has 0 atom stereocenters. The lowest BCUT2D eigenvalue weighted by molar-refractivity contribution is -0.123. The quantitative estimate of drug-likeness (QED) is 0.859. The van der Waals surface area contributed by atoms with Crippen molar-refractivity contribution in [1.82, 2.24) is 5.32 Å². The molecule has 1 amide bonds. The van der Waals surface area contributed by atoms with Gasteiger partial charge in [-0.25, -0.2) is 4.39 Å². The van der Waals surface area contributed by atoms with E-state index in [-0.39, 0.29) is 12.4 Å². The zero-order valence-corrected chi connectivity index (χ0v) is 8.84. The summed E-state index contributed by atoms with van der Waals surface area (Å²) in [6.45, 7) is -0.514. The molecule has 0 radical (unpaired) electrons. The third-order valence-electron chi connectivity index (χ3n) is 1.63. The van der Waals surface area contributed by atoms with Crippen LogP contribution in [-0.2, 0) is 11.3 Å². The van der Waals surface area contributed by atoms with Gasteiger partial charge in [-0.1, -0.05) is 15.9 Å². The fourth-order valence-electron chi connectivity index (χ4n) is 0.928. The molecule has 2 N–H and O–H groups in total. The van der Waals surface area contributed by atoms with Crippen molar-refractivity contribution in [1.29, 1.82) is 0 Å². The first kappa shape index (κ1) is 11.1. The zero-order valence-electron chi connectivity index (χ0n) is 7.26. The molecule has 1 aromatic rings. The van der Waals surface area contributed by atoms with Crippen molar-refractivity contribution in [3.05, 3.63) is 34.1 Å². The van der Waals surface area contributed by atoms with Gasteiger partial charge in [0.1, 0.15) is 12.4 Å². The third kappa shape index (κ3) is 3.08. The summed E-state index contributed by atoms with van der Waals surface area (Å²) in [6, 6.07) is 4.46. The van der Waals surface area contributed by atoms with Gasteiger partial charge in [-0.15, -0.1) is 0 Å². The van der Waals surface area contributed by atoms with Crippen LogP contribution < -0.4 is 5.32 Å². The van der Waals surface area contributed by atoms with Crippen LogP contribution in [0.4, 0.5) is 4.39 Å². The van der Waals surface area contributed by atoms with Crippen molar-refractivity contribution in [3.63, 3.8) is 0 Å². The second-order valence-corrected chi connectivity index (χ2v) is 3.59. The van der Waals surface area contributed by atoms with Gasteiger partial charge in [0.05, 0.1) is 0 Å². The number of carbonyl (C=O) groups excluding carboxylic acids is 1. The molecule has 5 heteroatoms. The first-order valence-corrected chi connectivity index (χ1v) is 4.74. The lowest BCUT2D eigenvalue weighted by atomic mass is 10.2. The molecule has 76 valence electrons. The second kappa shape index (κ2) is 5.07. The monoisotopic (exact) mass is 261 g/mol. The maximum atomic E-state index is 13.1. The minimum absolute atomic E-state index is 0.0741. The highest BCUT2D eigenvalue weighted by molar-refractivity contribution is 9.10. The standard InChI is InChI=1S/C9H9BrFNO2/c10-7-1-2-8(11)6(3-7)4-12-9(14)5-13/h1-3,13H,4-5H2,(H,12,14). The zero-order chi connectivity index (χ0) is 10.6. The maximum absolute atomic E-state index is 13.1. The number of nitrogens with one attached hydrogen (secondary N) is 1. The van der Waals surface area contributed by atoms with Crippen LogP contribution in [0.5, 0.6) is 0 Å². The lowest BCUT2D eigenvalue weighted by Crippen LogP contribution is -2.25. The molecule has 0 fully saturated rings. The van der Waals surface area contributed by atoms with E-state index in [9.17, 15) is 9.18 Å². The molecule has 0 bridgehead atoms. The molecule has 0 aliphatic heterocycles. The molecule has 0 saturated heterocycles. The van der Waals surface area contributed by atoms with Gasteiger partial charge in [0, 0.05) is 16.6 Å². The van der Waals surface area contributed by atoms with Gasteiger partial charge >= 0.3 is 0 Å². The number of amides is 1. The molecule has 0 spiro atoms. The molecule has 3 nitrogen and oxygen atoms in total. The predicted octanol–water partition coefficient (Wildman–Crippen LogP) is 1.20. The van der Waals surface area contributed by atoms with Gasteiger partial charge in [-0.2, -0.15) is 0 Å². The average Bonchev–Trinajstić information content (AvgIpc) is 2.19. The molecule has 0 aliphatic rings. The summed E-state index contributed by atoms with van der Waals surface area (Å²) in [7, 11) is 0. The molecule has 0 aromatic heterocycles. The van der Waals surface area contributed by atoms with E-state index >= 15 is 0 Å². The van der Waals surface area contributed by atoms with Crippen molar-refractivity contribution in [2.75, 3.05) is 6.61 Å². The minimum atomic E-state index is -0.588. The average molecular weight is 262 g/mol. The van der Waals surface area contributed by atoms with Crippen molar-refractivity contribution in [2.24, 2.45) is 0 Å². The Morgan fingerprint density at radius 1 is 1.57 bits per heavy atom. The van der Waals surface area contributed by atoms with Crippen molar-refractivity contribution < 1.29 is 14.3 Å². The van der Waals surface area contributed by atoms with Crippen LogP contribution >= 0.6 is 15.9 Å². The van der Waals surface area contributed by atoms with Crippen LogP contribution in [0.15, 0.2) is 22.7 Å². The first-order valence-electron chi connectivity index (χ1n) is 3.95. The molecule has 1 aromatic carbocycles. The molecular weight excluding hydrogens is 253 g/mol. The Kier molecular flexibility index (Phi) is 4.03. The van der Waals surface area contributed by atoms with E-state index in [4.69, 9.17) is 5.11 Å². The van der Waals surface area contributed by atoms with E-state index in [1.54, 1.807) is 12.1 Å². The Hall–Kier alpha value is -0.940. The van der Waals surface area contributed by atoms with E-state index in [1.807, 2.05) is 0 Å². The van der Waals surface area contributed by atoms with E-state index < -0.39 is 12.5 Å². The topological polar surface area (TPSA) is 49.3 Å². The van der Waals surface area contributed by atoms with Crippen molar-refractivity contribution in [2.45, 2.75) is 6.54 Å². The number of rotatable bonds is 3. The van der Waals surface area contributed by atoms with E-state index in [0.717, 1.165) is 4.47 Å². The number of halogens is 2. The number of benzene rings is 1. The smallest absolute Gasteiger partial charge is 0.245 e. The highest BCUT2D eigenvalue weighted by atomic mass is 79.9. The lowest BCUT2D eigenvalue weighted by Gasteiger charge is -2.05. The van der Waals surface area contributed by atoms with Gasteiger partial charge in [0.15, 0.2) is 0 Å². The first-order chi connectivity index (χ1) is 6.63. The number of hydrogen-bond donors (Lipinski definition) is 2. The summed E-state index contributed by atoms with van der Waals surface area (Å²) >= 11 is 3.19. The molecule has 1 rings (SSSR count). The minimum Gasteiger partial charge on any atom is -0.387 e. The SMILES string of the molecule is O=C(CO)NCc1cc(Br)ccc1F. The van der Waals surface area contributed by atoms with Crippen LogP contribution in [-0.4, -0.2) is 17.6 Å².